The number of hydrogen-bond donors (Lipinski definition) is 2. The van der Waals surface area contributed by atoms with Crippen molar-refractivity contribution in [2.75, 3.05) is 25.0 Å². The van der Waals surface area contributed by atoms with E-state index in [2.05, 4.69) is 21.2 Å². The van der Waals surface area contributed by atoms with Gasteiger partial charge in [-0.1, -0.05) is 6.07 Å². The van der Waals surface area contributed by atoms with Gasteiger partial charge in [-0.05, 0) is 40.9 Å². The van der Waals surface area contributed by atoms with E-state index in [0.29, 0.717) is 30.4 Å². The number of benzene rings is 1. The largest absolute Gasteiger partial charge is 0.481 e. The van der Waals surface area contributed by atoms with E-state index in [1.807, 2.05) is 0 Å². The molecule has 114 valence electrons. The number of carbonyl (C=O) groups is 2. The van der Waals surface area contributed by atoms with Gasteiger partial charge in [-0.3, -0.25) is 9.59 Å². The molecule has 1 saturated heterocycles. The van der Waals surface area contributed by atoms with Crippen molar-refractivity contribution in [3.63, 3.8) is 0 Å². The van der Waals surface area contributed by atoms with E-state index in [1.165, 1.54) is 6.07 Å². The molecule has 0 spiro atoms. The van der Waals surface area contributed by atoms with Crippen molar-refractivity contribution < 1.29 is 19.1 Å². The second kappa shape index (κ2) is 6.89. The van der Waals surface area contributed by atoms with Crippen molar-refractivity contribution in [3.8, 4) is 0 Å². The van der Waals surface area contributed by atoms with Gasteiger partial charge in [0.1, 0.15) is 5.82 Å². The highest BCUT2D eigenvalue weighted by atomic mass is 79.9. The molecule has 7 heteroatoms. The fourth-order valence-corrected chi connectivity index (χ4v) is 2.80. The fraction of sp³-hybridized carbons (Fsp3) is 0.429. The van der Waals surface area contributed by atoms with Crippen molar-refractivity contribution in [3.05, 3.63) is 28.5 Å². The molecule has 0 radical (unpaired) electrons. The molecule has 0 aliphatic carbocycles. The Morgan fingerprint density at radius 2 is 2.05 bits per heavy atom. The van der Waals surface area contributed by atoms with Crippen molar-refractivity contribution in [2.45, 2.75) is 12.8 Å². The molecule has 2 N–H and O–H groups in total. The minimum absolute atomic E-state index is 0.0166. The molecule has 0 bridgehead atoms. The number of hydrogen-bond acceptors (Lipinski definition) is 3. The van der Waals surface area contributed by atoms with Gasteiger partial charge < -0.3 is 15.3 Å². The van der Waals surface area contributed by atoms with Crippen molar-refractivity contribution >= 4 is 33.5 Å². The van der Waals surface area contributed by atoms with Crippen LogP contribution in [0.5, 0.6) is 0 Å². The van der Waals surface area contributed by atoms with Crippen molar-refractivity contribution in [1.29, 1.82) is 0 Å². The van der Waals surface area contributed by atoms with E-state index in [4.69, 9.17) is 5.11 Å². The third kappa shape index (κ3) is 3.93. The second-order valence-corrected chi connectivity index (χ2v) is 5.80. The zero-order chi connectivity index (χ0) is 15.4. The van der Waals surface area contributed by atoms with Crippen LogP contribution in [-0.4, -0.2) is 41.5 Å². The van der Waals surface area contributed by atoms with Gasteiger partial charge in [0.05, 0.1) is 18.2 Å². The summed E-state index contributed by atoms with van der Waals surface area (Å²) in [6, 6.07) is 4.58. The minimum atomic E-state index is -0.810. The molecule has 0 saturated carbocycles. The number of halogens is 2. The predicted octanol–water partition coefficient (Wildman–Crippen LogP) is 2.32. The zero-order valence-corrected chi connectivity index (χ0v) is 12.9. The van der Waals surface area contributed by atoms with Crippen LogP contribution in [0.1, 0.15) is 12.8 Å². The number of likely N-dealkylation sites (tertiary alicyclic amines) is 1. The summed E-state index contributed by atoms with van der Waals surface area (Å²) in [5, 5.41) is 11.7. The summed E-state index contributed by atoms with van der Waals surface area (Å²) in [6.07, 6.45) is 0.926. The van der Waals surface area contributed by atoms with E-state index >= 15 is 0 Å². The van der Waals surface area contributed by atoms with Gasteiger partial charge in [0.25, 0.3) is 0 Å². The monoisotopic (exact) mass is 358 g/mol. The Bertz CT molecular complexity index is 525. The number of nitrogens with one attached hydrogen (secondary N) is 1. The second-order valence-electron chi connectivity index (χ2n) is 4.94. The number of carboxylic acids is 1. The van der Waals surface area contributed by atoms with Crippen LogP contribution in [0.25, 0.3) is 0 Å². The number of carboxylic acid groups (broad SMARTS) is 1. The summed E-state index contributed by atoms with van der Waals surface area (Å²) in [6.45, 7) is 0.836. The Balaban J connectivity index is 1.87. The highest BCUT2D eigenvalue weighted by Crippen LogP contribution is 2.25. The number of nitrogens with zero attached hydrogens (tertiary/aromatic N) is 1. The Morgan fingerprint density at radius 1 is 1.38 bits per heavy atom. The Hall–Kier alpha value is -1.63. The Labute approximate surface area is 130 Å². The third-order valence-electron chi connectivity index (χ3n) is 3.58. The van der Waals surface area contributed by atoms with Crippen LogP contribution < -0.4 is 5.32 Å². The lowest BCUT2D eigenvalue weighted by atomic mass is 9.97. The van der Waals surface area contributed by atoms with Gasteiger partial charge in [0.15, 0.2) is 0 Å². The summed E-state index contributed by atoms with van der Waals surface area (Å²) >= 11 is 3.22. The lowest BCUT2D eigenvalue weighted by Gasteiger charge is -2.30. The number of anilines is 1. The number of rotatable bonds is 4. The molecule has 1 aliphatic heterocycles. The van der Waals surface area contributed by atoms with Gasteiger partial charge in [-0.25, -0.2) is 4.39 Å². The lowest BCUT2D eigenvalue weighted by molar-refractivity contribution is -0.145. The Kier molecular flexibility index (Phi) is 5.17. The molecule has 21 heavy (non-hydrogen) atoms. The third-order valence-corrected chi connectivity index (χ3v) is 4.24. The maximum Gasteiger partial charge on any atom is 0.306 e. The van der Waals surface area contributed by atoms with Gasteiger partial charge in [-0.15, -0.1) is 0 Å². The number of amides is 1. The average molecular weight is 359 g/mol. The van der Waals surface area contributed by atoms with E-state index < -0.39 is 11.8 Å². The first-order valence-corrected chi connectivity index (χ1v) is 7.47. The number of aliphatic carboxylic acids is 1. The van der Waals surface area contributed by atoms with E-state index in [1.54, 1.807) is 17.0 Å². The van der Waals surface area contributed by atoms with Gasteiger partial charge in [0, 0.05) is 17.6 Å². The number of para-hydroxylation sites is 1. The molecule has 1 aromatic carbocycles. The first kappa shape index (κ1) is 15.8. The highest BCUT2D eigenvalue weighted by Gasteiger charge is 2.26. The van der Waals surface area contributed by atoms with Crippen LogP contribution in [0.15, 0.2) is 22.7 Å². The predicted molar refractivity (Wildman–Crippen MR) is 79.5 cm³/mol. The van der Waals surface area contributed by atoms with Crippen LogP contribution in [0.4, 0.5) is 10.1 Å². The molecule has 0 aromatic heterocycles. The molecule has 2 rings (SSSR count). The molecule has 0 atom stereocenters. The molecular formula is C14H16BrFN2O3. The van der Waals surface area contributed by atoms with Gasteiger partial charge >= 0.3 is 5.97 Å². The van der Waals surface area contributed by atoms with Crippen LogP contribution >= 0.6 is 15.9 Å². The molecule has 1 aliphatic rings. The topological polar surface area (TPSA) is 69.6 Å². The van der Waals surface area contributed by atoms with Gasteiger partial charge in [0.2, 0.25) is 5.91 Å². The standard InChI is InChI=1S/C14H16BrFN2O3/c15-10-2-1-3-11(16)13(10)17-8-12(19)18-6-4-9(5-7-18)14(20)21/h1-3,9,17H,4-8H2,(H,20,21). The lowest BCUT2D eigenvalue weighted by Crippen LogP contribution is -2.42. The van der Waals surface area contributed by atoms with Crippen LogP contribution in [-0.2, 0) is 9.59 Å². The molecule has 1 aromatic rings. The summed E-state index contributed by atoms with van der Waals surface area (Å²) in [5.74, 6) is -1.77. The van der Waals surface area contributed by atoms with Gasteiger partial charge in [-0.2, -0.15) is 0 Å². The summed E-state index contributed by atoms with van der Waals surface area (Å²) in [5.41, 5.74) is 0.256. The molecule has 1 heterocycles. The number of piperidine rings is 1. The first-order valence-electron chi connectivity index (χ1n) is 6.67. The van der Waals surface area contributed by atoms with Crippen LogP contribution in [0.2, 0.25) is 0 Å². The normalized spacial score (nSPS) is 15.8. The molecule has 5 nitrogen and oxygen atoms in total. The summed E-state index contributed by atoms with van der Waals surface area (Å²) in [7, 11) is 0. The quantitative estimate of drug-likeness (QED) is 0.866. The van der Waals surface area contributed by atoms with Crippen LogP contribution in [0.3, 0.4) is 0 Å². The highest BCUT2D eigenvalue weighted by molar-refractivity contribution is 9.10. The van der Waals surface area contributed by atoms with E-state index in [0.717, 1.165) is 0 Å². The smallest absolute Gasteiger partial charge is 0.306 e. The SMILES string of the molecule is O=C(O)C1CCN(C(=O)CNc2c(F)cccc2Br)CC1. The first-order chi connectivity index (χ1) is 9.99. The maximum atomic E-state index is 13.6. The molecule has 1 fully saturated rings. The molecule has 0 unspecified atom stereocenters. The molecule has 1 amide bonds. The van der Waals surface area contributed by atoms with Crippen molar-refractivity contribution in [2.24, 2.45) is 5.92 Å². The summed E-state index contributed by atoms with van der Waals surface area (Å²) in [4.78, 5) is 24.5. The maximum absolute atomic E-state index is 13.6. The Morgan fingerprint density at radius 3 is 2.62 bits per heavy atom. The van der Waals surface area contributed by atoms with E-state index in [9.17, 15) is 14.0 Å². The zero-order valence-electron chi connectivity index (χ0n) is 11.3. The van der Waals surface area contributed by atoms with E-state index in [-0.39, 0.29) is 24.1 Å². The molecular weight excluding hydrogens is 343 g/mol. The fourth-order valence-electron chi connectivity index (χ4n) is 2.32. The van der Waals surface area contributed by atoms with Crippen LogP contribution in [0, 0.1) is 11.7 Å². The summed E-state index contributed by atoms with van der Waals surface area (Å²) < 4.78 is 14.2. The average Bonchev–Trinajstić information content (AvgIpc) is 2.46. The number of carbonyl (C=O) groups excluding carboxylic acids is 1. The van der Waals surface area contributed by atoms with Crippen molar-refractivity contribution in [1.82, 2.24) is 4.90 Å². The minimum Gasteiger partial charge on any atom is -0.481 e.